The van der Waals surface area contributed by atoms with E-state index in [4.69, 9.17) is 4.74 Å². The third kappa shape index (κ3) is 3.64. The maximum absolute atomic E-state index is 11.9. The molecule has 1 saturated heterocycles. The predicted octanol–water partition coefficient (Wildman–Crippen LogP) is 3.29. The molecule has 2 aromatic rings. The molecule has 5 nitrogen and oxygen atoms in total. The fourth-order valence-corrected chi connectivity index (χ4v) is 3.26. The van der Waals surface area contributed by atoms with Crippen molar-refractivity contribution in [3.05, 3.63) is 34.4 Å². The highest BCUT2D eigenvalue weighted by Crippen LogP contribution is 2.28. The van der Waals surface area contributed by atoms with Gasteiger partial charge in [0.25, 0.3) is 0 Å². The van der Waals surface area contributed by atoms with Gasteiger partial charge in [-0.1, -0.05) is 15.9 Å². The molecule has 6 heteroatoms. The van der Waals surface area contributed by atoms with Gasteiger partial charge in [-0.2, -0.15) is 0 Å². The monoisotopic (exact) mass is 377 g/mol. The summed E-state index contributed by atoms with van der Waals surface area (Å²) < 4.78 is 5.81. The molecule has 122 valence electrons. The van der Waals surface area contributed by atoms with Crippen LogP contribution in [0, 0.1) is 0 Å². The molecule has 1 aliphatic heterocycles. The topological polar surface area (TPSA) is 54.5 Å². The number of nitrogens with zero attached hydrogens (tertiary/aromatic N) is 2. The Morgan fingerprint density at radius 2 is 2.09 bits per heavy atom. The van der Waals surface area contributed by atoms with Crippen LogP contribution in [0.2, 0.25) is 0 Å². The number of hydrogen-bond donors (Lipinski definition) is 1. The number of methoxy groups -OCH3 is 1. The van der Waals surface area contributed by atoms with Gasteiger partial charge in [0.2, 0.25) is 0 Å². The van der Waals surface area contributed by atoms with Crippen LogP contribution >= 0.6 is 15.9 Å². The Morgan fingerprint density at radius 3 is 2.78 bits per heavy atom. The van der Waals surface area contributed by atoms with Crippen LogP contribution in [0.15, 0.2) is 28.7 Å². The number of benzene rings is 1. The van der Waals surface area contributed by atoms with Crippen molar-refractivity contribution >= 4 is 38.5 Å². The van der Waals surface area contributed by atoms with Gasteiger partial charge in [-0.3, -0.25) is 0 Å². The Hall–Kier alpha value is -1.66. The number of anilines is 1. The van der Waals surface area contributed by atoms with Crippen molar-refractivity contribution in [1.82, 2.24) is 9.88 Å². The lowest BCUT2D eigenvalue weighted by Gasteiger charge is -2.30. The molecule has 0 atom stereocenters. The van der Waals surface area contributed by atoms with Gasteiger partial charge in [0.1, 0.15) is 0 Å². The summed E-state index contributed by atoms with van der Waals surface area (Å²) >= 11 is 3.51. The molecule has 1 N–H and O–H groups in total. The summed E-state index contributed by atoms with van der Waals surface area (Å²) in [6.07, 6.45) is 2.17. The van der Waals surface area contributed by atoms with Crippen LogP contribution in [0.4, 0.5) is 5.69 Å². The molecule has 3 rings (SSSR count). The zero-order valence-electron chi connectivity index (χ0n) is 13.3. The Morgan fingerprint density at radius 1 is 1.35 bits per heavy atom. The van der Waals surface area contributed by atoms with Crippen LogP contribution in [0.5, 0.6) is 0 Å². The standard InChI is InChI=1S/C17H20BrN3O2/c1-21-7-5-12(6-8-21)19-15-10-16(17(22)23-2)20-14-4-3-11(18)9-13(14)15/h3-4,9-10,12H,5-8H2,1-2H3,(H,19,20). The molecule has 0 unspecified atom stereocenters. The van der Waals surface area contributed by atoms with Crippen molar-refractivity contribution in [3.8, 4) is 0 Å². The molecule has 0 radical (unpaired) electrons. The number of pyridine rings is 1. The second-order valence-corrected chi connectivity index (χ2v) is 6.85. The minimum Gasteiger partial charge on any atom is -0.464 e. The molecular formula is C17H20BrN3O2. The molecule has 1 aromatic carbocycles. The molecule has 2 heterocycles. The number of halogens is 1. The van der Waals surface area contributed by atoms with Gasteiger partial charge in [0.05, 0.1) is 12.6 Å². The maximum atomic E-state index is 11.9. The molecule has 1 fully saturated rings. The average Bonchev–Trinajstić information content (AvgIpc) is 2.56. The van der Waals surface area contributed by atoms with Crippen LogP contribution in [0.25, 0.3) is 10.9 Å². The van der Waals surface area contributed by atoms with E-state index in [-0.39, 0.29) is 0 Å². The van der Waals surface area contributed by atoms with E-state index in [0.29, 0.717) is 11.7 Å². The van der Waals surface area contributed by atoms with Crippen molar-refractivity contribution in [2.75, 3.05) is 32.6 Å². The van der Waals surface area contributed by atoms with Crippen LogP contribution in [0.1, 0.15) is 23.3 Å². The number of carbonyl (C=O) groups is 1. The Kier molecular flexibility index (Phi) is 4.82. The lowest BCUT2D eigenvalue weighted by Crippen LogP contribution is -2.36. The summed E-state index contributed by atoms with van der Waals surface area (Å²) in [6, 6.07) is 8.06. The first-order valence-corrected chi connectivity index (χ1v) is 8.50. The third-order valence-corrected chi connectivity index (χ3v) is 4.74. The van der Waals surface area contributed by atoms with Crippen molar-refractivity contribution in [2.45, 2.75) is 18.9 Å². The number of carbonyl (C=O) groups excluding carboxylic acids is 1. The number of likely N-dealkylation sites (tertiary alicyclic amines) is 1. The van der Waals surface area contributed by atoms with Crippen molar-refractivity contribution in [2.24, 2.45) is 0 Å². The second-order valence-electron chi connectivity index (χ2n) is 5.93. The molecule has 0 amide bonds. The zero-order valence-corrected chi connectivity index (χ0v) is 14.9. The number of nitrogens with one attached hydrogen (secondary N) is 1. The number of ether oxygens (including phenoxy) is 1. The summed E-state index contributed by atoms with van der Waals surface area (Å²) in [5.74, 6) is -0.416. The van der Waals surface area contributed by atoms with Gasteiger partial charge in [0, 0.05) is 21.6 Å². The normalized spacial score (nSPS) is 16.5. The van der Waals surface area contributed by atoms with Gasteiger partial charge in [-0.05, 0) is 57.2 Å². The van der Waals surface area contributed by atoms with Gasteiger partial charge in [0.15, 0.2) is 5.69 Å². The molecule has 1 aliphatic rings. The second kappa shape index (κ2) is 6.84. The minimum absolute atomic E-state index is 0.331. The van der Waals surface area contributed by atoms with Crippen LogP contribution in [-0.2, 0) is 4.74 Å². The number of esters is 1. The van der Waals surface area contributed by atoms with E-state index in [1.165, 1.54) is 7.11 Å². The van der Waals surface area contributed by atoms with E-state index in [1.54, 1.807) is 6.07 Å². The van der Waals surface area contributed by atoms with Gasteiger partial charge >= 0.3 is 5.97 Å². The van der Waals surface area contributed by atoms with Crippen LogP contribution in [0.3, 0.4) is 0 Å². The SMILES string of the molecule is COC(=O)c1cc(NC2CCN(C)CC2)c2cc(Br)ccc2n1. The first kappa shape index (κ1) is 16.2. The molecule has 0 saturated carbocycles. The van der Waals surface area contributed by atoms with Gasteiger partial charge in [-0.25, -0.2) is 9.78 Å². The number of rotatable bonds is 3. The van der Waals surface area contributed by atoms with Crippen molar-refractivity contribution in [1.29, 1.82) is 0 Å². The summed E-state index contributed by atoms with van der Waals surface area (Å²) in [5, 5.41) is 4.60. The first-order valence-electron chi connectivity index (χ1n) is 7.70. The smallest absolute Gasteiger partial charge is 0.356 e. The van der Waals surface area contributed by atoms with E-state index in [1.807, 2.05) is 18.2 Å². The lowest BCUT2D eigenvalue weighted by atomic mass is 10.0. The van der Waals surface area contributed by atoms with E-state index in [0.717, 1.165) is 47.0 Å². The van der Waals surface area contributed by atoms with Gasteiger partial charge < -0.3 is 15.0 Å². The number of aromatic nitrogens is 1. The fourth-order valence-electron chi connectivity index (χ4n) is 2.90. The number of fused-ring (bicyclic) bond motifs is 1. The summed E-state index contributed by atoms with van der Waals surface area (Å²) in [4.78, 5) is 18.6. The Bertz CT molecular complexity index is 727. The molecule has 23 heavy (non-hydrogen) atoms. The largest absolute Gasteiger partial charge is 0.464 e. The Labute approximate surface area is 144 Å². The molecule has 1 aromatic heterocycles. The fraction of sp³-hybridized carbons (Fsp3) is 0.412. The highest BCUT2D eigenvalue weighted by molar-refractivity contribution is 9.10. The molecule has 0 bridgehead atoms. The number of piperidine rings is 1. The van der Waals surface area contributed by atoms with Crippen molar-refractivity contribution < 1.29 is 9.53 Å². The molecule has 0 spiro atoms. The summed E-state index contributed by atoms with van der Waals surface area (Å²) in [6.45, 7) is 2.16. The van der Waals surface area contributed by atoms with Crippen LogP contribution < -0.4 is 5.32 Å². The van der Waals surface area contributed by atoms with E-state index in [2.05, 4.69) is 38.2 Å². The Balaban J connectivity index is 1.98. The van der Waals surface area contributed by atoms with E-state index in [9.17, 15) is 4.79 Å². The summed E-state index contributed by atoms with van der Waals surface area (Å²) in [7, 11) is 3.52. The lowest BCUT2D eigenvalue weighted by molar-refractivity contribution is 0.0594. The zero-order chi connectivity index (χ0) is 16.4. The van der Waals surface area contributed by atoms with Crippen LogP contribution in [-0.4, -0.2) is 49.1 Å². The molecule has 0 aliphatic carbocycles. The average molecular weight is 378 g/mol. The van der Waals surface area contributed by atoms with E-state index < -0.39 is 5.97 Å². The first-order chi connectivity index (χ1) is 11.1. The third-order valence-electron chi connectivity index (χ3n) is 4.24. The summed E-state index contributed by atoms with van der Waals surface area (Å²) in [5.41, 5.74) is 2.05. The van der Waals surface area contributed by atoms with Gasteiger partial charge in [-0.15, -0.1) is 0 Å². The number of hydrogen-bond acceptors (Lipinski definition) is 5. The predicted molar refractivity (Wildman–Crippen MR) is 94.9 cm³/mol. The molecular weight excluding hydrogens is 358 g/mol. The maximum Gasteiger partial charge on any atom is 0.356 e. The van der Waals surface area contributed by atoms with E-state index >= 15 is 0 Å². The highest BCUT2D eigenvalue weighted by atomic mass is 79.9. The van der Waals surface area contributed by atoms with Crippen molar-refractivity contribution in [3.63, 3.8) is 0 Å². The highest BCUT2D eigenvalue weighted by Gasteiger charge is 2.19. The minimum atomic E-state index is -0.416. The quantitative estimate of drug-likeness (QED) is 0.831.